The Kier molecular flexibility index (Phi) is 4.02. The maximum atomic E-state index is 6.10. The molecule has 0 fully saturated rings. The average Bonchev–Trinajstić information content (AvgIpc) is 2.15. The Balaban J connectivity index is 3.04. The molecule has 1 rings (SSSR count). The molecule has 1 aromatic carbocycles. The van der Waals surface area contributed by atoms with E-state index in [1.165, 1.54) is 22.3 Å². The highest BCUT2D eigenvalue weighted by molar-refractivity contribution is 7.98. The fraction of sp³-hybridized carbons (Fsp3) is 0.500. The van der Waals surface area contributed by atoms with Gasteiger partial charge in [-0.05, 0) is 49.3 Å². The van der Waals surface area contributed by atoms with Gasteiger partial charge >= 0.3 is 0 Å². The van der Waals surface area contributed by atoms with Gasteiger partial charge in [-0.1, -0.05) is 12.1 Å². The molecule has 0 bridgehead atoms. The molecule has 0 aliphatic rings. The predicted octanol–water partition coefficient (Wildman–Crippen LogP) is 2.97. The molecule has 0 aliphatic carbocycles. The van der Waals surface area contributed by atoms with E-state index in [1.54, 1.807) is 11.8 Å². The van der Waals surface area contributed by atoms with Crippen LogP contribution in [0.3, 0.4) is 0 Å². The van der Waals surface area contributed by atoms with Crippen LogP contribution >= 0.6 is 11.8 Å². The molecule has 14 heavy (non-hydrogen) atoms. The molecule has 1 nitrogen and oxygen atoms in total. The van der Waals surface area contributed by atoms with Crippen molar-refractivity contribution in [3.05, 3.63) is 34.4 Å². The fourth-order valence-electron chi connectivity index (χ4n) is 1.65. The van der Waals surface area contributed by atoms with Gasteiger partial charge in [-0.3, -0.25) is 0 Å². The zero-order valence-corrected chi connectivity index (χ0v) is 10.2. The standard InChI is InChI=1S/C12H19NS/c1-8-5-6-11(10(3)9(8)2)12(13)7-14-4/h5-6,12H,7,13H2,1-4H3. The van der Waals surface area contributed by atoms with Crippen LogP contribution in [0.2, 0.25) is 0 Å². The van der Waals surface area contributed by atoms with Crippen molar-refractivity contribution < 1.29 is 0 Å². The van der Waals surface area contributed by atoms with E-state index in [4.69, 9.17) is 5.73 Å². The lowest BCUT2D eigenvalue weighted by atomic mass is 9.95. The van der Waals surface area contributed by atoms with Crippen LogP contribution in [0.25, 0.3) is 0 Å². The van der Waals surface area contributed by atoms with Crippen LogP contribution < -0.4 is 5.73 Å². The predicted molar refractivity (Wildman–Crippen MR) is 66.0 cm³/mol. The quantitative estimate of drug-likeness (QED) is 0.828. The monoisotopic (exact) mass is 209 g/mol. The summed E-state index contributed by atoms with van der Waals surface area (Å²) < 4.78 is 0. The van der Waals surface area contributed by atoms with Gasteiger partial charge in [0.25, 0.3) is 0 Å². The lowest BCUT2D eigenvalue weighted by Gasteiger charge is -2.16. The number of benzene rings is 1. The highest BCUT2D eigenvalue weighted by Gasteiger charge is 2.10. The van der Waals surface area contributed by atoms with Crippen LogP contribution in [0.1, 0.15) is 28.3 Å². The van der Waals surface area contributed by atoms with Crippen molar-refractivity contribution in [2.24, 2.45) is 5.73 Å². The van der Waals surface area contributed by atoms with Gasteiger partial charge in [0.15, 0.2) is 0 Å². The number of rotatable bonds is 3. The first-order valence-corrected chi connectivity index (χ1v) is 6.28. The topological polar surface area (TPSA) is 26.0 Å². The van der Waals surface area contributed by atoms with E-state index in [2.05, 4.69) is 39.2 Å². The van der Waals surface area contributed by atoms with Crippen molar-refractivity contribution in [1.29, 1.82) is 0 Å². The van der Waals surface area contributed by atoms with E-state index in [1.807, 2.05) is 0 Å². The van der Waals surface area contributed by atoms with Gasteiger partial charge in [-0.25, -0.2) is 0 Å². The number of hydrogen-bond acceptors (Lipinski definition) is 2. The lowest BCUT2D eigenvalue weighted by Crippen LogP contribution is -2.15. The van der Waals surface area contributed by atoms with Gasteiger partial charge in [0.1, 0.15) is 0 Å². The van der Waals surface area contributed by atoms with Crippen molar-refractivity contribution >= 4 is 11.8 Å². The molecule has 2 heteroatoms. The Bertz CT molecular complexity index is 320. The molecule has 0 radical (unpaired) electrons. The summed E-state index contributed by atoms with van der Waals surface area (Å²) in [5, 5.41) is 0. The molecule has 0 aliphatic heterocycles. The first-order valence-electron chi connectivity index (χ1n) is 4.89. The summed E-state index contributed by atoms with van der Waals surface area (Å²) in [6, 6.07) is 4.50. The number of thioether (sulfide) groups is 1. The van der Waals surface area contributed by atoms with Crippen LogP contribution in [0.4, 0.5) is 0 Å². The van der Waals surface area contributed by atoms with Crippen LogP contribution in [-0.2, 0) is 0 Å². The smallest absolute Gasteiger partial charge is 0.0389 e. The van der Waals surface area contributed by atoms with Gasteiger partial charge in [0.2, 0.25) is 0 Å². The maximum Gasteiger partial charge on any atom is 0.0389 e. The minimum atomic E-state index is 0.171. The average molecular weight is 209 g/mol. The molecule has 0 saturated carbocycles. The summed E-state index contributed by atoms with van der Waals surface area (Å²) in [6.07, 6.45) is 2.09. The van der Waals surface area contributed by atoms with E-state index in [-0.39, 0.29) is 6.04 Å². The second-order valence-electron chi connectivity index (χ2n) is 3.78. The Morgan fingerprint density at radius 2 is 1.86 bits per heavy atom. The molecule has 1 atom stereocenters. The van der Waals surface area contributed by atoms with E-state index < -0.39 is 0 Å². The molecular formula is C12H19NS. The minimum Gasteiger partial charge on any atom is -0.323 e. The van der Waals surface area contributed by atoms with Crippen LogP contribution in [0.5, 0.6) is 0 Å². The normalized spacial score (nSPS) is 12.9. The Hall–Kier alpha value is -0.470. The summed E-state index contributed by atoms with van der Waals surface area (Å²) in [7, 11) is 0. The molecular weight excluding hydrogens is 190 g/mol. The fourth-order valence-corrected chi connectivity index (χ4v) is 2.19. The van der Waals surface area contributed by atoms with Crippen molar-refractivity contribution in [3.63, 3.8) is 0 Å². The van der Waals surface area contributed by atoms with Gasteiger partial charge in [-0.15, -0.1) is 0 Å². The highest BCUT2D eigenvalue weighted by Crippen LogP contribution is 2.23. The van der Waals surface area contributed by atoms with E-state index in [0.717, 1.165) is 5.75 Å². The molecule has 0 saturated heterocycles. The van der Waals surface area contributed by atoms with Crippen LogP contribution in [-0.4, -0.2) is 12.0 Å². The summed E-state index contributed by atoms with van der Waals surface area (Å²) >= 11 is 1.80. The Morgan fingerprint density at radius 3 is 2.43 bits per heavy atom. The van der Waals surface area contributed by atoms with Gasteiger partial charge in [0, 0.05) is 11.8 Å². The van der Waals surface area contributed by atoms with Crippen LogP contribution in [0.15, 0.2) is 12.1 Å². The number of aryl methyl sites for hydroxylation is 1. The van der Waals surface area contributed by atoms with Gasteiger partial charge in [0.05, 0.1) is 0 Å². The molecule has 78 valence electrons. The molecule has 0 amide bonds. The highest BCUT2D eigenvalue weighted by atomic mass is 32.2. The SMILES string of the molecule is CSCC(N)c1ccc(C)c(C)c1C. The zero-order valence-electron chi connectivity index (χ0n) is 9.42. The summed E-state index contributed by atoms with van der Waals surface area (Å²) in [5.41, 5.74) is 11.5. The van der Waals surface area contributed by atoms with Crippen molar-refractivity contribution in [2.75, 3.05) is 12.0 Å². The maximum absolute atomic E-state index is 6.10. The van der Waals surface area contributed by atoms with Crippen molar-refractivity contribution in [2.45, 2.75) is 26.8 Å². The molecule has 0 spiro atoms. The van der Waals surface area contributed by atoms with E-state index in [9.17, 15) is 0 Å². The Labute approximate surface area is 91.1 Å². The molecule has 1 unspecified atom stereocenters. The van der Waals surface area contributed by atoms with Crippen molar-refractivity contribution in [1.82, 2.24) is 0 Å². The second-order valence-corrected chi connectivity index (χ2v) is 4.69. The third kappa shape index (κ3) is 2.31. The molecule has 0 aromatic heterocycles. The first-order chi connectivity index (χ1) is 6.57. The number of nitrogens with two attached hydrogens (primary N) is 1. The van der Waals surface area contributed by atoms with E-state index in [0.29, 0.717) is 0 Å². The number of hydrogen-bond donors (Lipinski definition) is 1. The minimum absolute atomic E-state index is 0.171. The largest absolute Gasteiger partial charge is 0.323 e. The third-order valence-electron chi connectivity index (χ3n) is 2.85. The van der Waals surface area contributed by atoms with Gasteiger partial charge < -0.3 is 5.73 Å². The third-order valence-corrected chi connectivity index (χ3v) is 3.54. The lowest BCUT2D eigenvalue weighted by molar-refractivity contribution is 0.820. The summed E-state index contributed by atoms with van der Waals surface area (Å²) in [6.45, 7) is 6.48. The Morgan fingerprint density at radius 1 is 1.21 bits per heavy atom. The van der Waals surface area contributed by atoms with Gasteiger partial charge in [-0.2, -0.15) is 11.8 Å². The second kappa shape index (κ2) is 4.85. The van der Waals surface area contributed by atoms with Crippen molar-refractivity contribution in [3.8, 4) is 0 Å². The van der Waals surface area contributed by atoms with Crippen LogP contribution in [0, 0.1) is 20.8 Å². The molecule has 0 heterocycles. The molecule has 2 N–H and O–H groups in total. The van der Waals surface area contributed by atoms with E-state index >= 15 is 0 Å². The first kappa shape index (κ1) is 11.6. The summed E-state index contributed by atoms with van der Waals surface area (Å²) in [4.78, 5) is 0. The zero-order chi connectivity index (χ0) is 10.7. The molecule has 1 aromatic rings. The summed E-state index contributed by atoms with van der Waals surface area (Å²) in [5.74, 6) is 0.989.